The van der Waals surface area contributed by atoms with Crippen LogP contribution in [0.2, 0.25) is 0 Å². The molecule has 0 radical (unpaired) electrons. The van der Waals surface area contributed by atoms with Crippen molar-refractivity contribution in [3.63, 3.8) is 0 Å². The Bertz CT molecular complexity index is 358. The number of carboxylic acid groups (broad SMARTS) is 1. The molecule has 0 heterocycles. The predicted octanol–water partition coefficient (Wildman–Crippen LogP) is 1.40. The van der Waals surface area contributed by atoms with Crippen molar-refractivity contribution in [3.05, 3.63) is 0 Å². The zero-order chi connectivity index (χ0) is 12.0. The largest absolute Gasteiger partial charge is 0.481 e. The molecular weight excluding hydrogens is 218 g/mol. The van der Waals surface area contributed by atoms with E-state index in [9.17, 15) is 9.59 Å². The highest BCUT2D eigenvalue weighted by Crippen LogP contribution is 2.60. The monoisotopic (exact) mass is 237 g/mol. The number of amides is 1. The van der Waals surface area contributed by atoms with Crippen LogP contribution in [0.4, 0.5) is 0 Å². The third kappa shape index (κ3) is 1.94. The molecule has 3 fully saturated rings. The lowest BCUT2D eigenvalue weighted by Gasteiger charge is -2.32. The van der Waals surface area contributed by atoms with Crippen LogP contribution < -0.4 is 5.32 Å². The molecule has 4 nitrogen and oxygen atoms in total. The first-order valence-electron chi connectivity index (χ1n) is 6.63. The van der Waals surface area contributed by atoms with E-state index in [2.05, 4.69) is 5.32 Å². The number of carboxylic acids is 1. The number of carbonyl (C=O) groups excluding carboxylic acids is 1. The van der Waals surface area contributed by atoms with Crippen LogP contribution in [0.1, 0.15) is 38.5 Å². The Hall–Kier alpha value is -1.06. The summed E-state index contributed by atoms with van der Waals surface area (Å²) in [6.45, 7) is 0.777. The average Bonchev–Trinajstić information content (AvgIpc) is 3.05. The fourth-order valence-electron chi connectivity index (χ4n) is 3.09. The maximum absolute atomic E-state index is 11.9. The molecule has 2 atom stereocenters. The zero-order valence-electron chi connectivity index (χ0n) is 9.95. The summed E-state index contributed by atoms with van der Waals surface area (Å²) in [6.07, 6.45) is 6.50. The summed E-state index contributed by atoms with van der Waals surface area (Å²) in [4.78, 5) is 22.7. The molecule has 3 aliphatic rings. The maximum atomic E-state index is 11.9. The fourth-order valence-corrected chi connectivity index (χ4v) is 3.09. The molecule has 2 unspecified atom stereocenters. The van der Waals surface area contributed by atoms with E-state index in [0.717, 1.165) is 18.9 Å². The maximum Gasteiger partial charge on any atom is 0.307 e. The highest BCUT2D eigenvalue weighted by molar-refractivity contribution is 5.86. The summed E-state index contributed by atoms with van der Waals surface area (Å²) >= 11 is 0. The molecular formula is C13H19NO3. The Morgan fingerprint density at radius 3 is 2.18 bits per heavy atom. The second-order valence-corrected chi connectivity index (χ2v) is 5.98. The molecule has 0 aromatic rings. The first-order valence-corrected chi connectivity index (χ1v) is 6.63. The SMILES string of the molecule is O=C(O)C1CCC1C(=O)NCC1(C2CC2)CC1. The minimum Gasteiger partial charge on any atom is -0.481 e. The molecule has 4 heteroatoms. The van der Waals surface area contributed by atoms with E-state index in [-0.39, 0.29) is 11.8 Å². The molecule has 0 saturated heterocycles. The van der Waals surface area contributed by atoms with Crippen LogP contribution in [-0.2, 0) is 9.59 Å². The molecule has 1 amide bonds. The van der Waals surface area contributed by atoms with Gasteiger partial charge >= 0.3 is 5.97 Å². The molecule has 0 bridgehead atoms. The number of aliphatic carboxylic acids is 1. The van der Waals surface area contributed by atoms with Crippen LogP contribution in [0.5, 0.6) is 0 Å². The van der Waals surface area contributed by atoms with Crippen LogP contribution in [-0.4, -0.2) is 23.5 Å². The Kier molecular flexibility index (Phi) is 2.42. The van der Waals surface area contributed by atoms with Gasteiger partial charge in [-0.05, 0) is 49.9 Å². The molecule has 94 valence electrons. The molecule has 3 rings (SSSR count). The van der Waals surface area contributed by atoms with Crippen LogP contribution in [0.3, 0.4) is 0 Å². The third-order valence-electron chi connectivity index (χ3n) is 4.88. The topological polar surface area (TPSA) is 66.4 Å². The summed E-state index contributed by atoms with van der Waals surface area (Å²) in [5.41, 5.74) is 0.401. The normalized spacial score (nSPS) is 33.6. The van der Waals surface area contributed by atoms with Crippen molar-refractivity contribution >= 4 is 11.9 Å². The lowest BCUT2D eigenvalue weighted by molar-refractivity contribution is -0.152. The van der Waals surface area contributed by atoms with Gasteiger partial charge in [-0.2, -0.15) is 0 Å². The van der Waals surface area contributed by atoms with E-state index in [1.54, 1.807) is 0 Å². The third-order valence-corrected chi connectivity index (χ3v) is 4.88. The molecule has 0 aromatic carbocycles. The van der Waals surface area contributed by atoms with Gasteiger partial charge in [0.1, 0.15) is 0 Å². The predicted molar refractivity (Wildman–Crippen MR) is 61.3 cm³/mol. The first kappa shape index (κ1) is 11.1. The highest BCUT2D eigenvalue weighted by atomic mass is 16.4. The first-order chi connectivity index (χ1) is 8.12. The molecule has 0 aromatic heterocycles. The number of hydrogen-bond donors (Lipinski definition) is 2. The van der Waals surface area contributed by atoms with Gasteiger partial charge in [0.2, 0.25) is 5.91 Å². The van der Waals surface area contributed by atoms with Crippen molar-refractivity contribution in [1.29, 1.82) is 0 Å². The lowest BCUT2D eigenvalue weighted by atomic mass is 9.73. The standard InChI is InChI=1S/C13H19NO3/c15-11(9-3-4-10(9)12(16)17)14-7-13(5-6-13)8-1-2-8/h8-10H,1-7H2,(H,14,15)(H,16,17). The summed E-state index contributed by atoms with van der Waals surface area (Å²) in [5, 5.41) is 11.9. The van der Waals surface area contributed by atoms with Gasteiger partial charge in [-0.3, -0.25) is 9.59 Å². The van der Waals surface area contributed by atoms with Crippen LogP contribution in [0, 0.1) is 23.2 Å². The number of nitrogens with one attached hydrogen (secondary N) is 1. The van der Waals surface area contributed by atoms with Crippen LogP contribution in [0.15, 0.2) is 0 Å². The molecule has 0 aliphatic heterocycles. The van der Waals surface area contributed by atoms with Gasteiger partial charge in [-0.15, -0.1) is 0 Å². The minimum absolute atomic E-state index is 0.0319. The molecule has 3 saturated carbocycles. The van der Waals surface area contributed by atoms with Crippen molar-refractivity contribution in [3.8, 4) is 0 Å². The second-order valence-electron chi connectivity index (χ2n) is 5.98. The van der Waals surface area contributed by atoms with Crippen molar-refractivity contribution in [2.24, 2.45) is 23.2 Å². The van der Waals surface area contributed by atoms with E-state index >= 15 is 0 Å². The van der Waals surface area contributed by atoms with Crippen molar-refractivity contribution in [2.45, 2.75) is 38.5 Å². The fraction of sp³-hybridized carbons (Fsp3) is 0.846. The van der Waals surface area contributed by atoms with Gasteiger partial charge in [0.25, 0.3) is 0 Å². The van der Waals surface area contributed by atoms with Crippen molar-refractivity contribution in [1.82, 2.24) is 5.32 Å². The quantitative estimate of drug-likeness (QED) is 0.759. The van der Waals surface area contributed by atoms with Crippen molar-refractivity contribution in [2.75, 3.05) is 6.54 Å². The van der Waals surface area contributed by atoms with Crippen LogP contribution >= 0.6 is 0 Å². The molecule has 0 spiro atoms. The van der Waals surface area contributed by atoms with E-state index in [4.69, 9.17) is 5.11 Å². The Labute approximate surface area is 101 Å². The summed E-state index contributed by atoms with van der Waals surface area (Å²) in [6, 6.07) is 0. The second kappa shape index (κ2) is 3.72. The van der Waals surface area contributed by atoms with Gasteiger partial charge in [0.15, 0.2) is 0 Å². The van der Waals surface area contributed by atoms with E-state index in [1.165, 1.54) is 25.7 Å². The number of hydrogen-bond acceptors (Lipinski definition) is 2. The molecule has 2 N–H and O–H groups in total. The Morgan fingerprint density at radius 2 is 1.76 bits per heavy atom. The van der Waals surface area contributed by atoms with Gasteiger partial charge in [0.05, 0.1) is 11.8 Å². The number of carbonyl (C=O) groups is 2. The van der Waals surface area contributed by atoms with Gasteiger partial charge in [-0.25, -0.2) is 0 Å². The molecule has 17 heavy (non-hydrogen) atoms. The van der Waals surface area contributed by atoms with E-state index in [1.807, 2.05) is 0 Å². The van der Waals surface area contributed by atoms with E-state index < -0.39 is 11.9 Å². The smallest absolute Gasteiger partial charge is 0.307 e. The average molecular weight is 237 g/mol. The Morgan fingerprint density at radius 1 is 1.12 bits per heavy atom. The Balaban J connectivity index is 1.49. The van der Waals surface area contributed by atoms with Gasteiger partial charge in [-0.1, -0.05) is 0 Å². The van der Waals surface area contributed by atoms with Crippen molar-refractivity contribution < 1.29 is 14.7 Å². The van der Waals surface area contributed by atoms with Crippen LogP contribution in [0.25, 0.3) is 0 Å². The summed E-state index contributed by atoms with van der Waals surface area (Å²) in [5.74, 6) is -0.733. The molecule has 3 aliphatic carbocycles. The zero-order valence-corrected chi connectivity index (χ0v) is 9.95. The highest BCUT2D eigenvalue weighted by Gasteiger charge is 2.54. The summed E-state index contributed by atoms with van der Waals surface area (Å²) < 4.78 is 0. The van der Waals surface area contributed by atoms with E-state index in [0.29, 0.717) is 11.8 Å². The summed E-state index contributed by atoms with van der Waals surface area (Å²) in [7, 11) is 0. The van der Waals surface area contributed by atoms with Gasteiger partial charge in [0, 0.05) is 6.54 Å². The minimum atomic E-state index is -0.820. The van der Waals surface area contributed by atoms with Gasteiger partial charge < -0.3 is 10.4 Å². The lowest BCUT2D eigenvalue weighted by Crippen LogP contribution is -2.45. The number of rotatable bonds is 5.